The van der Waals surface area contributed by atoms with Gasteiger partial charge in [-0.2, -0.15) is 0 Å². The van der Waals surface area contributed by atoms with Crippen LogP contribution in [-0.2, 0) is 11.3 Å². The van der Waals surface area contributed by atoms with Crippen molar-refractivity contribution >= 4 is 11.9 Å². The summed E-state index contributed by atoms with van der Waals surface area (Å²) in [4.78, 5) is 24.9. The number of hydrogen-bond donors (Lipinski definition) is 1. The molecular weight excluding hydrogens is 284 g/mol. The maximum atomic E-state index is 12.3. The van der Waals surface area contributed by atoms with Crippen LogP contribution in [0.25, 0.3) is 0 Å². The summed E-state index contributed by atoms with van der Waals surface area (Å²) in [6, 6.07) is 0. The predicted octanol–water partition coefficient (Wildman–Crippen LogP) is 1.55. The fourth-order valence-electron chi connectivity index (χ4n) is 3.74. The summed E-state index contributed by atoms with van der Waals surface area (Å²) in [5, 5.41) is 16.0. The van der Waals surface area contributed by atoms with E-state index in [9.17, 15) is 9.59 Å². The van der Waals surface area contributed by atoms with Gasteiger partial charge in [-0.05, 0) is 31.1 Å². The Labute approximate surface area is 129 Å². The van der Waals surface area contributed by atoms with Gasteiger partial charge in [-0.25, -0.2) is 9.48 Å². The third kappa shape index (κ3) is 3.13. The van der Waals surface area contributed by atoms with Gasteiger partial charge in [-0.3, -0.25) is 4.79 Å². The molecule has 2 fully saturated rings. The Morgan fingerprint density at radius 2 is 1.82 bits per heavy atom. The molecule has 1 saturated heterocycles. The zero-order valence-electron chi connectivity index (χ0n) is 12.7. The molecule has 1 spiro atoms. The van der Waals surface area contributed by atoms with Crippen LogP contribution >= 0.6 is 0 Å². The summed E-state index contributed by atoms with van der Waals surface area (Å²) in [5.41, 5.74) is 0.339. The fraction of sp³-hybridized carbons (Fsp3) is 0.733. The SMILES string of the molecule is O=C(O)c1cn(CC(=O)N2CCC3(CCCCC3)CC2)nn1. The molecule has 1 amide bonds. The predicted molar refractivity (Wildman–Crippen MR) is 78.3 cm³/mol. The van der Waals surface area contributed by atoms with E-state index in [0.717, 1.165) is 25.9 Å². The van der Waals surface area contributed by atoms with Crippen LogP contribution in [-0.4, -0.2) is 50.0 Å². The molecule has 1 aliphatic heterocycles. The van der Waals surface area contributed by atoms with Gasteiger partial charge in [0.1, 0.15) is 6.54 Å². The first-order valence-corrected chi connectivity index (χ1v) is 7.99. The molecule has 2 aliphatic rings. The molecule has 0 atom stereocenters. The smallest absolute Gasteiger partial charge is 0.358 e. The van der Waals surface area contributed by atoms with E-state index in [1.165, 1.54) is 43.0 Å². The molecule has 0 radical (unpaired) electrons. The minimum absolute atomic E-state index is 0.00695. The summed E-state index contributed by atoms with van der Waals surface area (Å²) in [5.74, 6) is -1.14. The summed E-state index contributed by atoms with van der Waals surface area (Å²) in [6.45, 7) is 1.67. The Kier molecular flexibility index (Phi) is 4.13. The average Bonchev–Trinajstić information content (AvgIpc) is 2.97. The molecule has 22 heavy (non-hydrogen) atoms. The molecule has 1 N–H and O–H groups in total. The van der Waals surface area contributed by atoms with Crippen molar-refractivity contribution in [2.24, 2.45) is 5.41 Å². The highest BCUT2D eigenvalue weighted by atomic mass is 16.4. The minimum atomic E-state index is -1.13. The number of nitrogens with zero attached hydrogens (tertiary/aromatic N) is 4. The molecule has 7 heteroatoms. The standard InChI is InChI=1S/C15H22N4O3/c20-13(11-19-10-12(14(21)22)16-17-19)18-8-6-15(7-9-18)4-2-1-3-5-15/h10H,1-9,11H2,(H,21,22). The molecule has 120 valence electrons. The largest absolute Gasteiger partial charge is 0.476 e. The number of carboxylic acid groups (broad SMARTS) is 1. The number of amides is 1. The van der Waals surface area contributed by atoms with Crippen molar-refractivity contribution in [2.75, 3.05) is 13.1 Å². The first-order valence-electron chi connectivity index (χ1n) is 7.99. The third-order valence-electron chi connectivity index (χ3n) is 5.15. The topological polar surface area (TPSA) is 88.3 Å². The van der Waals surface area contributed by atoms with Crippen molar-refractivity contribution in [1.29, 1.82) is 0 Å². The van der Waals surface area contributed by atoms with Gasteiger partial charge in [0.05, 0.1) is 6.20 Å². The first kappa shape index (κ1) is 15.0. The number of carbonyl (C=O) groups excluding carboxylic acids is 1. The Balaban J connectivity index is 1.54. The van der Waals surface area contributed by atoms with Crippen molar-refractivity contribution < 1.29 is 14.7 Å². The van der Waals surface area contributed by atoms with Crippen LogP contribution in [0.5, 0.6) is 0 Å². The second kappa shape index (κ2) is 6.06. The van der Waals surface area contributed by atoms with Crippen molar-refractivity contribution in [3.05, 3.63) is 11.9 Å². The molecule has 1 aromatic rings. The van der Waals surface area contributed by atoms with E-state index < -0.39 is 5.97 Å². The van der Waals surface area contributed by atoms with Crippen LogP contribution in [0.4, 0.5) is 0 Å². The fourth-order valence-corrected chi connectivity index (χ4v) is 3.74. The van der Waals surface area contributed by atoms with Crippen molar-refractivity contribution in [1.82, 2.24) is 19.9 Å². The molecule has 1 saturated carbocycles. The van der Waals surface area contributed by atoms with E-state index in [1.54, 1.807) is 0 Å². The van der Waals surface area contributed by atoms with Gasteiger partial charge in [-0.1, -0.05) is 24.5 Å². The molecule has 3 rings (SSSR count). The number of piperidine rings is 1. The molecule has 1 aromatic heterocycles. The second-order valence-corrected chi connectivity index (χ2v) is 6.55. The number of carbonyl (C=O) groups is 2. The molecule has 0 bridgehead atoms. The number of hydrogen-bond acceptors (Lipinski definition) is 4. The lowest BCUT2D eigenvalue weighted by atomic mass is 9.68. The zero-order chi connectivity index (χ0) is 15.6. The highest BCUT2D eigenvalue weighted by Gasteiger charge is 2.36. The molecule has 2 heterocycles. The Morgan fingerprint density at radius 3 is 2.41 bits per heavy atom. The van der Waals surface area contributed by atoms with E-state index in [0.29, 0.717) is 5.41 Å². The maximum absolute atomic E-state index is 12.3. The molecular formula is C15H22N4O3. The van der Waals surface area contributed by atoms with Crippen LogP contribution < -0.4 is 0 Å². The van der Waals surface area contributed by atoms with Crippen LogP contribution in [0.2, 0.25) is 0 Å². The minimum Gasteiger partial charge on any atom is -0.476 e. The van der Waals surface area contributed by atoms with Crippen LogP contribution in [0.3, 0.4) is 0 Å². The maximum Gasteiger partial charge on any atom is 0.358 e. The van der Waals surface area contributed by atoms with Gasteiger partial charge < -0.3 is 10.0 Å². The van der Waals surface area contributed by atoms with Gasteiger partial charge in [0.2, 0.25) is 5.91 Å². The van der Waals surface area contributed by atoms with Crippen molar-refractivity contribution in [2.45, 2.75) is 51.5 Å². The van der Waals surface area contributed by atoms with Crippen molar-refractivity contribution in [3.63, 3.8) is 0 Å². The summed E-state index contributed by atoms with van der Waals surface area (Å²) in [6.07, 6.45) is 10.1. The van der Waals surface area contributed by atoms with Gasteiger partial charge in [0, 0.05) is 13.1 Å². The van der Waals surface area contributed by atoms with Crippen LogP contribution in [0.15, 0.2) is 6.20 Å². The monoisotopic (exact) mass is 306 g/mol. The lowest BCUT2D eigenvalue weighted by Gasteiger charge is -2.44. The summed E-state index contributed by atoms with van der Waals surface area (Å²) < 4.78 is 1.30. The van der Waals surface area contributed by atoms with Gasteiger partial charge in [0.25, 0.3) is 0 Å². The van der Waals surface area contributed by atoms with Crippen LogP contribution in [0.1, 0.15) is 55.4 Å². The summed E-state index contributed by atoms with van der Waals surface area (Å²) >= 11 is 0. The van der Waals surface area contributed by atoms with Gasteiger partial charge in [0.15, 0.2) is 5.69 Å². The number of carboxylic acids is 1. The quantitative estimate of drug-likeness (QED) is 0.915. The van der Waals surface area contributed by atoms with Gasteiger partial charge in [-0.15, -0.1) is 5.10 Å². The highest BCUT2D eigenvalue weighted by molar-refractivity contribution is 5.84. The molecule has 0 aromatic carbocycles. The number of aromatic carboxylic acids is 1. The Morgan fingerprint density at radius 1 is 1.14 bits per heavy atom. The number of rotatable bonds is 3. The molecule has 7 nitrogen and oxygen atoms in total. The van der Waals surface area contributed by atoms with Gasteiger partial charge >= 0.3 is 5.97 Å². The average molecular weight is 306 g/mol. The summed E-state index contributed by atoms with van der Waals surface area (Å²) in [7, 11) is 0. The normalized spacial score (nSPS) is 21.0. The molecule has 1 aliphatic carbocycles. The van der Waals surface area contributed by atoms with Crippen LogP contribution in [0, 0.1) is 5.41 Å². The second-order valence-electron chi connectivity index (χ2n) is 6.55. The Hall–Kier alpha value is -1.92. The van der Waals surface area contributed by atoms with E-state index in [4.69, 9.17) is 5.11 Å². The highest BCUT2D eigenvalue weighted by Crippen LogP contribution is 2.44. The van der Waals surface area contributed by atoms with E-state index in [1.807, 2.05) is 4.90 Å². The van der Waals surface area contributed by atoms with E-state index >= 15 is 0 Å². The van der Waals surface area contributed by atoms with E-state index in [2.05, 4.69) is 10.3 Å². The van der Waals surface area contributed by atoms with Crippen molar-refractivity contribution in [3.8, 4) is 0 Å². The lowest BCUT2D eigenvalue weighted by molar-refractivity contribution is -0.134. The Bertz CT molecular complexity index is 553. The number of aromatic nitrogens is 3. The lowest BCUT2D eigenvalue weighted by Crippen LogP contribution is -2.45. The number of likely N-dealkylation sites (tertiary alicyclic amines) is 1. The third-order valence-corrected chi connectivity index (χ3v) is 5.15. The first-order chi connectivity index (χ1) is 10.6. The molecule has 0 unspecified atom stereocenters. The van der Waals surface area contributed by atoms with E-state index in [-0.39, 0.29) is 18.1 Å². The zero-order valence-corrected chi connectivity index (χ0v) is 12.7.